The first kappa shape index (κ1) is 7.09. The molecule has 0 unspecified atom stereocenters. The Kier molecular flexibility index (Phi) is 1.92. The van der Waals surface area contributed by atoms with Gasteiger partial charge in [-0.15, -0.1) is 0 Å². The molecule has 0 saturated carbocycles. The molecule has 0 aromatic rings. The lowest BCUT2D eigenvalue weighted by Crippen LogP contribution is -2.14. The van der Waals surface area contributed by atoms with Crippen molar-refractivity contribution in [2.75, 3.05) is 6.54 Å². The van der Waals surface area contributed by atoms with Crippen LogP contribution in [-0.2, 0) is 0 Å². The van der Waals surface area contributed by atoms with Gasteiger partial charge < -0.3 is 11.5 Å². The topological polar surface area (TPSA) is 47.0 Å². The van der Waals surface area contributed by atoms with E-state index in [1.807, 2.05) is 0 Å². The zero-order valence-electron chi connectivity index (χ0n) is 5.93. The summed E-state index contributed by atoms with van der Waals surface area (Å²) in [5, 5.41) is 3.29. The van der Waals surface area contributed by atoms with Crippen molar-refractivity contribution in [1.29, 1.82) is 0 Å². The number of dihydropyridines is 1. The molecular formula is C8H12N2. The Morgan fingerprint density at radius 2 is 2.10 bits per heavy atom. The first-order valence-corrected chi connectivity index (χ1v) is 3.27. The van der Waals surface area contributed by atoms with E-state index in [0.29, 0.717) is 0 Å². The van der Waals surface area contributed by atoms with Crippen molar-refractivity contribution in [2.45, 2.75) is 6.42 Å². The molecule has 2 rings (SSSR count). The number of nitrogens with one attached hydrogen (secondary N) is 1. The molecule has 0 saturated heterocycles. The van der Waals surface area contributed by atoms with E-state index in [9.17, 15) is 0 Å². The molecule has 0 fully saturated rings. The standard InChI is InChI=1S/C8H9N.H3N/c1-3-7-4-2-6-9-8(7)5-1;/h1-2,4-5,9H,3,6H2;1H3. The van der Waals surface area contributed by atoms with E-state index in [2.05, 4.69) is 29.6 Å². The van der Waals surface area contributed by atoms with Gasteiger partial charge in [-0.05, 0) is 18.1 Å². The normalized spacial score (nSPS) is 20.0. The lowest BCUT2D eigenvalue weighted by molar-refractivity contribution is 0.907. The highest BCUT2D eigenvalue weighted by Crippen LogP contribution is 2.19. The second-order valence-corrected chi connectivity index (χ2v) is 2.33. The van der Waals surface area contributed by atoms with E-state index in [1.165, 1.54) is 11.3 Å². The third kappa shape index (κ3) is 0.977. The minimum Gasteiger partial charge on any atom is -0.381 e. The van der Waals surface area contributed by atoms with Gasteiger partial charge in [0.1, 0.15) is 0 Å². The fourth-order valence-corrected chi connectivity index (χ4v) is 1.22. The summed E-state index contributed by atoms with van der Waals surface area (Å²) in [6.45, 7) is 0.989. The average Bonchev–Trinajstić information content (AvgIpc) is 2.33. The van der Waals surface area contributed by atoms with Crippen LogP contribution in [0.2, 0.25) is 0 Å². The van der Waals surface area contributed by atoms with Crippen LogP contribution in [0.25, 0.3) is 0 Å². The second-order valence-electron chi connectivity index (χ2n) is 2.33. The predicted octanol–water partition coefficient (Wildman–Crippen LogP) is 1.52. The molecule has 0 radical (unpaired) electrons. The molecule has 54 valence electrons. The van der Waals surface area contributed by atoms with E-state index >= 15 is 0 Å². The van der Waals surface area contributed by atoms with Crippen LogP contribution in [0.1, 0.15) is 6.42 Å². The Balaban J connectivity index is 0.000000500. The smallest absolute Gasteiger partial charge is 0.0375 e. The Morgan fingerprint density at radius 3 is 2.90 bits per heavy atom. The largest absolute Gasteiger partial charge is 0.381 e. The Hall–Kier alpha value is -1.02. The highest BCUT2D eigenvalue weighted by molar-refractivity contribution is 5.41. The second kappa shape index (κ2) is 2.71. The van der Waals surface area contributed by atoms with Crippen molar-refractivity contribution in [3.05, 3.63) is 35.6 Å². The number of hydrogen-bond donors (Lipinski definition) is 2. The fraction of sp³-hybridized carbons (Fsp3) is 0.250. The van der Waals surface area contributed by atoms with Crippen LogP contribution >= 0.6 is 0 Å². The lowest BCUT2D eigenvalue weighted by atomic mass is 10.1. The minimum atomic E-state index is 0. The third-order valence-electron chi connectivity index (χ3n) is 1.70. The van der Waals surface area contributed by atoms with Crippen LogP contribution < -0.4 is 11.5 Å². The quantitative estimate of drug-likeness (QED) is 0.530. The Bertz CT molecular complexity index is 211. The number of rotatable bonds is 0. The van der Waals surface area contributed by atoms with Crippen molar-refractivity contribution in [3.63, 3.8) is 0 Å². The summed E-state index contributed by atoms with van der Waals surface area (Å²) < 4.78 is 0. The maximum Gasteiger partial charge on any atom is 0.0375 e. The van der Waals surface area contributed by atoms with E-state index in [0.717, 1.165) is 13.0 Å². The molecule has 0 spiro atoms. The molecule has 10 heavy (non-hydrogen) atoms. The van der Waals surface area contributed by atoms with Crippen molar-refractivity contribution >= 4 is 0 Å². The first-order chi connectivity index (χ1) is 4.47. The summed E-state index contributed by atoms with van der Waals surface area (Å²) in [7, 11) is 0. The molecule has 1 heterocycles. The fourth-order valence-electron chi connectivity index (χ4n) is 1.22. The molecule has 0 aromatic carbocycles. The van der Waals surface area contributed by atoms with Gasteiger partial charge in [-0.3, -0.25) is 0 Å². The van der Waals surface area contributed by atoms with Crippen LogP contribution in [0.3, 0.4) is 0 Å². The van der Waals surface area contributed by atoms with Gasteiger partial charge in [0.15, 0.2) is 0 Å². The van der Waals surface area contributed by atoms with E-state index in [1.54, 1.807) is 0 Å². The Labute approximate surface area is 60.9 Å². The van der Waals surface area contributed by atoms with Crippen LogP contribution in [0.5, 0.6) is 0 Å². The maximum atomic E-state index is 3.29. The molecule has 4 N–H and O–H groups in total. The van der Waals surface area contributed by atoms with Crippen LogP contribution in [-0.4, -0.2) is 6.54 Å². The first-order valence-electron chi connectivity index (χ1n) is 3.27. The minimum absolute atomic E-state index is 0. The van der Waals surface area contributed by atoms with Crippen molar-refractivity contribution in [3.8, 4) is 0 Å². The van der Waals surface area contributed by atoms with E-state index in [-0.39, 0.29) is 6.15 Å². The van der Waals surface area contributed by atoms with Gasteiger partial charge in [-0.25, -0.2) is 0 Å². The third-order valence-corrected chi connectivity index (χ3v) is 1.70. The van der Waals surface area contributed by atoms with Gasteiger partial charge in [0.25, 0.3) is 0 Å². The van der Waals surface area contributed by atoms with Gasteiger partial charge >= 0.3 is 0 Å². The van der Waals surface area contributed by atoms with E-state index in [4.69, 9.17) is 0 Å². The average molecular weight is 136 g/mol. The highest BCUT2D eigenvalue weighted by atomic mass is 14.9. The zero-order valence-corrected chi connectivity index (χ0v) is 5.93. The summed E-state index contributed by atoms with van der Waals surface area (Å²) in [4.78, 5) is 0. The van der Waals surface area contributed by atoms with Crippen molar-refractivity contribution < 1.29 is 0 Å². The molecule has 2 nitrogen and oxygen atoms in total. The summed E-state index contributed by atoms with van der Waals surface area (Å²) in [6, 6.07) is 0. The van der Waals surface area contributed by atoms with Crippen LogP contribution in [0.4, 0.5) is 0 Å². The monoisotopic (exact) mass is 136 g/mol. The molecule has 1 aliphatic heterocycles. The zero-order chi connectivity index (χ0) is 6.10. The van der Waals surface area contributed by atoms with Gasteiger partial charge in [0.05, 0.1) is 0 Å². The van der Waals surface area contributed by atoms with Crippen LogP contribution in [0.15, 0.2) is 35.6 Å². The van der Waals surface area contributed by atoms with Gasteiger partial charge in [-0.2, -0.15) is 0 Å². The molecule has 0 atom stereocenters. The molecular weight excluding hydrogens is 124 g/mol. The van der Waals surface area contributed by atoms with E-state index < -0.39 is 0 Å². The van der Waals surface area contributed by atoms with Gasteiger partial charge in [0.2, 0.25) is 0 Å². The SMILES string of the molecule is C1=CC2=C(C=CC2)NC1.N. The predicted molar refractivity (Wildman–Crippen MR) is 42.9 cm³/mol. The number of hydrogen-bond acceptors (Lipinski definition) is 2. The molecule has 0 bridgehead atoms. The summed E-state index contributed by atoms with van der Waals surface area (Å²) in [5.74, 6) is 0. The summed E-state index contributed by atoms with van der Waals surface area (Å²) >= 11 is 0. The molecule has 2 aliphatic rings. The molecule has 0 aromatic heterocycles. The van der Waals surface area contributed by atoms with Gasteiger partial charge in [-0.1, -0.05) is 18.2 Å². The van der Waals surface area contributed by atoms with Crippen molar-refractivity contribution in [2.24, 2.45) is 0 Å². The summed E-state index contributed by atoms with van der Waals surface area (Å²) in [5.41, 5.74) is 2.75. The summed E-state index contributed by atoms with van der Waals surface area (Å²) in [6.07, 6.45) is 9.81. The lowest BCUT2D eigenvalue weighted by Gasteiger charge is -2.09. The van der Waals surface area contributed by atoms with Gasteiger partial charge in [0, 0.05) is 12.2 Å². The molecule has 0 amide bonds. The Morgan fingerprint density at radius 1 is 1.20 bits per heavy atom. The number of allylic oxidation sites excluding steroid dienone is 4. The molecule has 1 aliphatic carbocycles. The molecule has 2 heteroatoms. The highest BCUT2D eigenvalue weighted by Gasteiger charge is 2.07. The van der Waals surface area contributed by atoms with Crippen molar-refractivity contribution in [1.82, 2.24) is 11.5 Å². The maximum absolute atomic E-state index is 3.29. The van der Waals surface area contributed by atoms with Crippen LogP contribution in [0, 0.1) is 0 Å².